The Balaban J connectivity index is 2.41. The van der Waals surface area contributed by atoms with Crippen molar-refractivity contribution < 1.29 is 4.74 Å². The number of rotatable bonds is 3. The second-order valence-electron chi connectivity index (χ2n) is 5.10. The van der Waals surface area contributed by atoms with Crippen molar-refractivity contribution in [3.8, 4) is 5.75 Å². The average molecular weight is 269 g/mol. The van der Waals surface area contributed by atoms with Gasteiger partial charge in [-0.3, -0.25) is 4.90 Å². The summed E-state index contributed by atoms with van der Waals surface area (Å²) in [6.07, 6.45) is 1.07. The zero-order valence-electron chi connectivity index (χ0n) is 11.2. The fourth-order valence-corrected chi connectivity index (χ4v) is 3.15. The molecule has 100 valence electrons. The first-order chi connectivity index (χ1) is 8.58. The van der Waals surface area contributed by atoms with Gasteiger partial charge in [0.05, 0.1) is 12.1 Å². The van der Waals surface area contributed by atoms with Gasteiger partial charge in [0.25, 0.3) is 0 Å². The molecule has 0 aromatic heterocycles. The number of likely N-dealkylation sites (tertiary alicyclic amines) is 1. The van der Waals surface area contributed by atoms with Crippen molar-refractivity contribution in [1.29, 1.82) is 0 Å². The summed E-state index contributed by atoms with van der Waals surface area (Å²) in [6, 6.07) is 4.31. The van der Waals surface area contributed by atoms with Crippen LogP contribution in [0, 0.1) is 12.8 Å². The molecule has 2 rings (SSSR count). The van der Waals surface area contributed by atoms with E-state index in [-0.39, 0.29) is 0 Å². The highest BCUT2D eigenvalue weighted by Gasteiger charge is 2.33. The Morgan fingerprint density at radius 2 is 2.22 bits per heavy atom. The van der Waals surface area contributed by atoms with E-state index in [4.69, 9.17) is 22.1 Å². The zero-order chi connectivity index (χ0) is 13.3. The summed E-state index contributed by atoms with van der Waals surface area (Å²) >= 11 is 6.23. The molecule has 1 aromatic rings. The maximum absolute atomic E-state index is 6.23. The highest BCUT2D eigenvalue weighted by atomic mass is 35.5. The molecule has 2 atom stereocenters. The van der Waals surface area contributed by atoms with E-state index in [2.05, 4.69) is 24.9 Å². The normalized spacial score (nSPS) is 24.5. The molecule has 2 N–H and O–H groups in total. The first-order valence-electron chi connectivity index (χ1n) is 6.31. The van der Waals surface area contributed by atoms with Crippen LogP contribution >= 0.6 is 11.6 Å². The van der Waals surface area contributed by atoms with E-state index in [1.165, 1.54) is 11.1 Å². The Bertz CT molecular complexity index is 436. The lowest BCUT2D eigenvalue weighted by molar-refractivity contribution is 0.302. The van der Waals surface area contributed by atoms with Gasteiger partial charge >= 0.3 is 0 Å². The largest absolute Gasteiger partial charge is 0.495 e. The molecule has 0 saturated carbocycles. The molecule has 0 radical (unpaired) electrons. The van der Waals surface area contributed by atoms with Crippen molar-refractivity contribution in [2.45, 2.75) is 19.4 Å². The molecule has 18 heavy (non-hydrogen) atoms. The van der Waals surface area contributed by atoms with Crippen LogP contribution < -0.4 is 10.5 Å². The van der Waals surface area contributed by atoms with E-state index in [1.54, 1.807) is 7.11 Å². The molecule has 1 aromatic carbocycles. The summed E-state index contributed by atoms with van der Waals surface area (Å²) in [4.78, 5) is 2.35. The fourth-order valence-electron chi connectivity index (χ4n) is 2.91. The number of methoxy groups -OCH3 is 1. The van der Waals surface area contributed by atoms with Gasteiger partial charge in [-0.2, -0.15) is 0 Å². The second-order valence-corrected chi connectivity index (χ2v) is 5.51. The number of nitrogens with two attached hydrogens (primary N) is 1. The van der Waals surface area contributed by atoms with Crippen molar-refractivity contribution in [2.75, 3.05) is 27.2 Å². The van der Waals surface area contributed by atoms with Crippen LogP contribution in [0.15, 0.2) is 12.1 Å². The highest BCUT2D eigenvalue weighted by Crippen LogP contribution is 2.42. The van der Waals surface area contributed by atoms with Crippen molar-refractivity contribution in [2.24, 2.45) is 11.7 Å². The van der Waals surface area contributed by atoms with Gasteiger partial charge in [0.15, 0.2) is 0 Å². The van der Waals surface area contributed by atoms with Crippen LogP contribution in [0.1, 0.15) is 23.6 Å². The highest BCUT2D eigenvalue weighted by molar-refractivity contribution is 6.32. The van der Waals surface area contributed by atoms with Crippen LogP contribution in [0.3, 0.4) is 0 Å². The standard InChI is InChI=1S/C14H21ClN2O/c1-9-4-5-11(15)14(18-3)13(9)12-6-10(7-16)8-17(12)2/h4-5,10,12H,6-8,16H2,1-3H3. The Hall–Kier alpha value is -0.770. The van der Waals surface area contributed by atoms with Crippen molar-refractivity contribution >= 4 is 11.6 Å². The summed E-state index contributed by atoms with van der Waals surface area (Å²) < 4.78 is 5.50. The third-order valence-electron chi connectivity index (χ3n) is 3.87. The number of ether oxygens (including phenoxy) is 1. The maximum atomic E-state index is 6.23. The van der Waals surface area contributed by atoms with Crippen LogP contribution in [-0.4, -0.2) is 32.1 Å². The van der Waals surface area contributed by atoms with E-state index in [0.29, 0.717) is 17.0 Å². The number of hydrogen-bond acceptors (Lipinski definition) is 3. The zero-order valence-corrected chi connectivity index (χ0v) is 12.0. The van der Waals surface area contributed by atoms with E-state index >= 15 is 0 Å². The molecule has 4 heteroatoms. The second kappa shape index (κ2) is 5.47. The smallest absolute Gasteiger partial charge is 0.142 e. The van der Waals surface area contributed by atoms with Gasteiger partial charge in [0, 0.05) is 18.2 Å². The van der Waals surface area contributed by atoms with E-state index in [1.807, 2.05) is 6.07 Å². The maximum Gasteiger partial charge on any atom is 0.142 e. The summed E-state index contributed by atoms with van der Waals surface area (Å²) in [7, 11) is 3.82. The summed E-state index contributed by atoms with van der Waals surface area (Å²) in [6.45, 7) is 3.89. The number of nitrogens with zero attached hydrogens (tertiary/aromatic N) is 1. The molecular formula is C14H21ClN2O. The number of hydrogen-bond donors (Lipinski definition) is 1. The summed E-state index contributed by atoms with van der Waals surface area (Å²) in [5.74, 6) is 1.37. The SMILES string of the molecule is COc1c(Cl)ccc(C)c1C1CC(CN)CN1C. The monoisotopic (exact) mass is 268 g/mol. The Kier molecular flexibility index (Phi) is 4.15. The van der Waals surface area contributed by atoms with E-state index in [0.717, 1.165) is 25.3 Å². The van der Waals surface area contributed by atoms with Gasteiger partial charge in [-0.1, -0.05) is 17.7 Å². The predicted molar refractivity (Wildman–Crippen MR) is 75.3 cm³/mol. The van der Waals surface area contributed by atoms with Crippen molar-refractivity contribution in [3.05, 3.63) is 28.3 Å². The minimum atomic E-state index is 0.354. The van der Waals surface area contributed by atoms with Crippen molar-refractivity contribution in [1.82, 2.24) is 4.90 Å². The fraction of sp³-hybridized carbons (Fsp3) is 0.571. The molecule has 1 saturated heterocycles. The molecule has 0 spiro atoms. The molecule has 0 bridgehead atoms. The lowest BCUT2D eigenvalue weighted by Gasteiger charge is -2.24. The molecule has 1 aliphatic rings. The summed E-state index contributed by atoms with van der Waals surface area (Å²) in [5, 5.41) is 0.683. The average Bonchev–Trinajstić information content (AvgIpc) is 2.73. The first kappa shape index (κ1) is 13.7. The Labute approximate surface area is 114 Å². The van der Waals surface area contributed by atoms with Crippen LogP contribution in [0.4, 0.5) is 0 Å². The third-order valence-corrected chi connectivity index (χ3v) is 4.17. The van der Waals surface area contributed by atoms with Gasteiger partial charge in [-0.25, -0.2) is 0 Å². The van der Waals surface area contributed by atoms with Gasteiger partial charge < -0.3 is 10.5 Å². The summed E-state index contributed by atoms with van der Waals surface area (Å²) in [5.41, 5.74) is 8.23. The molecule has 3 nitrogen and oxygen atoms in total. The minimum absolute atomic E-state index is 0.354. The number of halogens is 1. The molecular weight excluding hydrogens is 248 g/mol. The lowest BCUT2D eigenvalue weighted by Crippen LogP contribution is -2.21. The third kappa shape index (κ3) is 2.35. The predicted octanol–water partition coefficient (Wildman–Crippen LogP) is 2.61. The number of benzene rings is 1. The topological polar surface area (TPSA) is 38.5 Å². The van der Waals surface area contributed by atoms with Gasteiger partial charge in [0.1, 0.15) is 5.75 Å². The molecule has 1 heterocycles. The van der Waals surface area contributed by atoms with Crippen LogP contribution in [0.2, 0.25) is 5.02 Å². The quantitative estimate of drug-likeness (QED) is 0.916. The van der Waals surface area contributed by atoms with Gasteiger partial charge in [-0.15, -0.1) is 0 Å². The van der Waals surface area contributed by atoms with Gasteiger partial charge in [0.2, 0.25) is 0 Å². The van der Waals surface area contributed by atoms with Crippen molar-refractivity contribution in [3.63, 3.8) is 0 Å². The minimum Gasteiger partial charge on any atom is -0.495 e. The van der Waals surface area contributed by atoms with Crippen LogP contribution in [-0.2, 0) is 0 Å². The first-order valence-corrected chi connectivity index (χ1v) is 6.69. The van der Waals surface area contributed by atoms with Gasteiger partial charge in [-0.05, 0) is 44.5 Å². The van der Waals surface area contributed by atoms with E-state index < -0.39 is 0 Å². The number of aryl methyl sites for hydroxylation is 1. The molecule has 0 aliphatic carbocycles. The molecule has 2 unspecified atom stereocenters. The Morgan fingerprint density at radius 1 is 1.50 bits per heavy atom. The van der Waals surface area contributed by atoms with Crippen LogP contribution in [0.25, 0.3) is 0 Å². The molecule has 1 fully saturated rings. The lowest BCUT2D eigenvalue weighted by atomic mass is 9.95. The van der Waals surface area contributed by atoms with Crippen LogP contribution in [0.5, 0.6) is 5.75 Å². The van der Waals surface area contributed by atoms with E-state index in [9.17, 15) is 0 Å². The molecule has 1 aliphatic heterocycles. The Morgan fingerprint density at radius 3 is 2.78 bits per heavy atom. The molecule has 0 amide bonds.